The minimum absolute atomic E-state index is 0.00647. The van der Waals surface area contributed by atoms with Gasteiger partial charge in [0.2, 0.25) is 0 Å². The van der Waals surface area contributed by atoms with Crippen molar-refractivity contribution in [1.82, 2.24) is 15.7 Å². The van der Waals surface area contributed by atoms with Crippen LogP contribution in [-0.2, 0) is 0 Å². The number of rotatable bonds is 5. The monoisotopic (exact) mass is 347 g/mol. The van der Waals surface area contributed by atoms with Crippen LogP contribution in [0.25, 0.3) is 0 Å². The minimum Gasteiger partial charge on any atom is -0.364 e. The molecule has 0 bridgehead atoms. The minimum atomic E-state index is -0.446. The summed E-state index contributed by atoms with van der Waals surface area (Å²) in [6.45, 7) is 0. The Morgan fingerprint density at radius 3 is 2.91 bits per heavy atom. The maximum absolute atomic E-state index is 10.9. The van der Waals surface area contributed by atoms with Crippen molar-refractivity contribution < 1.29 is 4.92 Å². The highest BCUT2D eigenvalue weighted by molar-refractivity contribution is 7.99. The van der Waals surface area contributed by atoms with E-state index in [1.807, 2.05) is 18.2 Å². The lowest BCUT2D eigenvalue weighted by atomic mass is 10.2. The van der Waals surface area contributed by atoms with Gasteiger partial charge in [-0.3, -0.25) is 15.5 Å². The first-order valence-corrected chi connectivity index (χ1v) is 7.70. The van der Waals surface area contributed by atoms with Crippen molar-refractivity contribution in [2.45, 2.75) is 9.92 Å². The predicted octanol–water partition coefficient (Wildman–Crippen LogP) is 2.57. The molecule has 118 valence electrons. The Morgan fingerprint density at radius 1 is 1.43 bits per heavy atom. The Hall–Kier alpha value is -2.52. The highest BCUT2D eigenvalue weighted by atomic mass is 32.2. The zero-order chi connectivity index (χ0) is 16.7. The molecule has 0 saturated carbocycles. The second-order valence-electron chi connectivity index (χ2n) is 4.20. The molecule has 0 aliphatic carbocycles. The topological polar surface area (TPSA) is 92.5 Å². The lowest BCUT2D eigenvalue weighted by molar-refractivity contribution is -0.384. The highest BCUT2D eigenvalue weighted by Gasteiger charge is 2.11. The fraction of sp³-hybridized carbons (Fsp3) is 0.0714. The van der Waals surface area contributed by atoms with E-state index in [4.69, 9.17) is 12.2 Å². The van der Waals surface area contributed by atoms with E-state index < -0.39 is 4.92 Å². The molecule has 2 N–H and O–H groups in total. The smallest absolute Gasteiger partial charge is 0.270 e. The summed E-state index contributed by atoms with van der Waals surface area (Å²) in [6.07, 6.45) is 3.18. The molecule has 1 aromatic heterocycles. The summed E-state index contributed by atoms with van der Waals surface area (Å²) < 4.78 is 0. The van der Waals surface area contributed by atoms with Crippen LogP contribution in [-0.4, -0.2) is 28.3 Å². The maximum atomic E-state index is 10.9. The molecule has 0 spiro atoms. The number of pyridine rings is 1. The number of aromatic nitrogens is 1. The van der Waals surface area contributed by atoms with E-state index in [0.29, 0.717) is 10.7 Å². The number of nitrogens with one attached hydrogen (secondary N) is 2. The summed E-state index contributed by atoms with van der Waals surface area (Å²) in [5, 5.41) is 18.8. The maximum Gasteiger partial charge on any atom is 0.270 e. The standard InChI is InChI=1S/C14H13N5O2S2/c1-15-14(22)18-17-9-10-8-11(19(20)21)5-6-12(10)23-13-4-2-3-7-16-13/h2-9H,1H3,(H2,15,18,22)/b17-9-. The summed E-state index contributed by atoms with van der Waals surface area (Å²) >= 11 is 6.31. The molecule has 0 saturated heterocycles. The van der Waals surface area contributed by atoms with Gasteiger partial charge in [0.1, 0.15) is 5.03 Å². The van der Waals surface area contributed by atoms with Crippen LogP contribution in [0.5, 0.6) is 0 Å². The lowest BCUT2D eigenvalue weighted by Gasteiger charge is -2.05. The van der Waals surface area contributed by atoms with Gasteiger partial charge in [-0.1, -0.05) is 17.8 Å². The number of hydrogen-bond acceptors (Lipinski definition) is 6. The van der Waals surface area contributed by atoms with Crippen LogP contribution in [0.4, 0.5) is 5.69 Å². The highest BCUT2D eigenvalue weighted by Crippen LogP contribution is 2.30. The first kappa shape index (κ1) is 16.8. The molecule has 0 aliphatic heterocycles. The van der Waals surface area contributed by atoms with Gasteiger partial charge in [-0.2, -0.15) is 5.10 Å². The molecule has 0 atom stereocenters. The van der Waals surface area contributed by atoms with Gasteiger partial charge in [0.15, 0.2) is 5.11 Å². The third kappa shape index (κ3) is 5.01. The van der Waals surface area contributed by atoms with Crippen molar-refractivity contribution in [3.05, 3.63) is 58.3 Å². The first-order chi connectivity index (χ1) is 11.1. The molecule has 0 unspecified atom stereocenters. The van der Waals surface area contributed by atoms with Gasteiger partial charge >= 0.3 is 0 Å². The summed E-state index contributed by atoms with van der Waals surface area (Å²) in [7, 11) is 1.67. The number of hydrazone groups is 1. The van der Waals surface area contributed by atoms with Gasteiger partial charge in [-0.15, -0.1) is 0 Å². The number of nitro groups is 1. The summed E-state index contributed by atoms with van der Waals surface area (Å²) in [5.41, 5.74) is 3.21. The van der Waals surface area contributed by atoms with Gasteiger partial charge in [0.25, 0.3) is 5.69 Å². The normalized spacial score (nSPS) is 10.5. The van der Waals surface area contributed by atoms with Gasteiger partial charge in [-0.25, -0.2) is 4.98 Å². The van der Waals surface area contributed by atoms with Crippen LogP contribution in [0.1, 0.15) is 5.56 Å². The fourth-order valence-corrected chi connectivity index (χ4v) is 2.48. The van der Waals surface area contributed by atoms with Crippen LogP contribution in [0.15, 0.2) is 57.6 Å². The van der Waals surface area contributed by atoms with Crippen LogP contribution in [0, 0.1) is 10.1 Å². The first-order valence-electron chi connectivity index (χ1n) is 6.48. The average molecular weight is 347 g/mol. The molecule has 0 amide bonds. The van der Waals surface area contributed by atoms with Crippen molar-refractivity contribution in [2.75, 3.05) is 7.05 Å². The Balaban J connectivity index is 2.29. The van der Waals surface area contributed by atoms with Crippen LogP contribution in [0.2, 0.25) is 0 Å². The van der Waals surface area contributed by atoms with Gasteiger partial charge in [-0.05, 0) is 30.4 Å². The molecule has 1 heterocycles. The molecule has 0 fully saturated rings. The van der Waals surface area contributed by atoms with Crippen LogP contribution < -0.4 is 10.7 Å². The number of non-ortho nitro benzene ring substituents is 1. The van der Waals surface area contributed by atoms with Crippen LogP contribution >= 0.6 is 24.0 Å². The van der Waals surface area contributed by atoms with E-state index >= 15 is 0 Å². The molecular weight excluding hydrogens is 334 g/mol. The van der Waals surface area contributed by atoms with Gasteiger partial charge in [0.05, 0.1) is 11.1 Å². The van der Waals surface area contributed by atoms with Crippen molar-refractivity contribution in [3.8, 4) is 0 Å². The third-order valence-electron chi connectivity index (χ3n) is 2.65. The zero-order valence-corrected chi connectivity index (χ0v) is 13.7. The third-order valence-corrected chi connectivity index (χ3v) is 3.99. The SMILES string of the molecule is CNC(=S)N/N=C\c1cc([N+](=O)[O-])ccc1Sc1ccccn1. The Kier molecular flexibility index (Phi) is 6.01. The second kappa shape index (κ2) is 8.20. The molecule has 0 radical (unpaired) electrons. The molecule has 2 aromatic rings. The summed E-state index contributed by atoms with van der Waals surface area (Å²) in [4.78, 5) is 15.5. The molecule has 9 heteroatoms. The van der Waals surface area contributed by atoms with E-state index in [1.54, 1.807) is 19.3 Å². The summed E-state index contributed by atoms with van der Waals surface area (Å²) in [6, 6.07) is 10.1. The zero-order valence-electron chi connectivity index (χ0n) is 12.1. The Morgan fingerprint density at radius 2 is 2.26 bits per heavy atom. The van der Waals surface area contributed by atoms with Gasteiger partial charge < -0.3 is 5.32 Å². The Bertz CT molecular complexity index is 737. The Labute approximate surface area is 142 Å². The van der Waals surface area contributed by atoms with Crippen LogP contribution in [0.3, 0.4) is 0 Å². The van der Waals surface area contributed by atoms with E-state index in [0.717, 1.165) is 9.92 Å². The van der Waals surface area contributed by atoms with Gasteiger partial charge in [0, 0.05) is 35.8 Å². The number of nitro benzene ring substituents is 1. The van der Waals surface area contributed by atoms with Crippen molar-refractivity contribution in [2.24, 2.45) is 5.10 Å². The van der Waals surface area contributed by atoms with E-state index in [-0.39, 0.29) is 5.69 Å². The van der Waals surface area contributed by atoms with E-state index in [2.05, 4.69) is 20.8 Å². The fourth-order valence-electron chi connectivity index (χ4n) is 1.58. The molecule has 7 nitrogen and oxygen atoms in total. The molecule has 23 heavy (non-hydrogen) atoms. The summed E-state index contributed by atoms with van der Waals surface area (Å²) in [5.74, 6) is 0. The number of thiocarbonyl (C=S) groups is 1. The van der Waals surface area contributed by atoms with E-state index in [9.17, 15) is 10.1 Å². The number of nitrogens with zero attached hydrogens (tertiary/aromatic N) is 3. The molecular formula is C14H13N5O2S2. The number of hydrogen-bond donors (Lipinski definition) is 2. The number of benzene rings is 1. The van der Waals surface area contributed by atoms with Crippen molar-refractivity contribution >= 4 is 41.0 Å². The lowest BCUT2D eigenvalue weighted by Crippen LogP contribution is -2.28. The molecule has 1 aromatic carbocycles. The molecule has 2 rings (SSSR count). The second-order valence-corrected chi connectivity index (χ2v) is 5.67. The van der Waals surface area contributed by atoms with Crippen molar-refractivity contribution in [1.29, 1.82) is 0 Å². The quantitative estimate of drug-likeness (QED) is 0.372. The molecule has 0 aliphatic rings. The predicted molar refractivity (Wildman–Crippen MR) is 93.8 cm³/mol. The average Bonchev–Trinajstić information content (AvgIpc) is 2.56. The van der Waals surface area contributed by atoms with E-state index in [1.165, 1.54) is 30.1 Å². The largest absolute Gasteiger partial charge is 0.364 e. The van der Waals surface area contributed by atoms with Crippen molar-refractivity contribution in [3.63, 3.8) is 0 Å².